The summed E-state index contributed by atoms with van der Waals surface area (Å²) < 4.78 is 10.6. The van der Waals surface area contributed by atoms with Crippen molar-refractivity contribution in [3.8, 4) is 5.75 Å². The van der Waals surface area contributed by atoms with Gasteiger partial charge in [-0.25, -0.2) is 0 Å². The monoisotopic (exact) mass is 348 g/mol. The second-order valence-electron chi connectivity index (χ2n) is 6.80. The molecule has 0 aliphatic carbocycles. The van der Waals surface area contributed by atoms with Gasteiger partial charge in [0.2, 0.25) is 0 Å². The highest BCUT2D eigenvalue weighted by Gasteiger charge is 2.09. The Morgan fingerprint density at radius 2 is 1.68 bits per heavy atom. The topological polar surface area (TPSA) is 52.6 Å². The molecule has 0 atom stereocenters. The fourth-order valence-electron chi connectivity index (χ4n) is 2.54. The maximum Gasteiger partial charge on any atom is 0.311 e. The number of para-hydroxylation sites is 1. The van der Waals surface area contributed by atoms with Crippen molar-refractivity contribution < 1.29 is 19.1 Å². The van der Waals surface area contributed by atoms with Crippen LogP contribution in [0.4, 0.5) is 0 Å². The van der Waals surface area contributed by atoms with Gasteiger partial charge in [-0.3, -0.25) is 9.59 Å². The van der Waals surface area contributed by atoms with Gasteiger partial charge < -0.3 is 9.47 Å². The lowest BCUT2D eigenvalue weighted by Crippen LogP contribution is -2.10. The van der Waals surface area contributed by atoms with E-state index in [9.17, 15) is 9.59 Å². The Kier molecular flexibility index (Phi) is 10.6. The molecule has 0 aliphatic heterocycles. The van der Waals surface area contributed by atoms with Gasteiger partial charge in [-0.2, -0.15) is 0 Å². The molecule has 0 bridgehead atoms. The first-order valence-electron chi connectivity index (χ1n) is 9.47. The van der Waals surface area contributed by atoms with Crippen molar-refractivity contribution in [3.05, 3.63) is 29.8 Å². The van der Waals surface area contributed by atoms with Crippen molar-refractivity contribution in [2.24, 2.45) is 5.92 Å². The number of ether oxygens (including phenoxy) is 2. The number of esters is 2. The number of carbonyl (C=O) groups is 2. The van der Waals surface area contributed by atoms with Gasteiger partial charge in [-0.05, 0) is 49.7 Å². The Balaban J connectivity index is 2.17. The summed E-state index contributed by atoms with van der Waals surface area (Å²) in [6.45, 7) is 6.90. The Morgan fingerprint density at radius 1 is 1.00 bits per heavy atom. The number of aryl methyl sites for hydroxylation is 1. The zero-order valence-corrected chi connectivity index (χ0v) is 15.9. The summed E-state index contributed by atoms with van der Waals surface area (Å²) in [5.41, 5.74) is 1.06. The number of unbranched alkanes of at least 4 members (excludes halogenated alkanes) is 1. The van der Waals surface area contributed by atoms with Crippen molar-refractivity contribution in [3.63, 3.8) is 0 Å². The van der Waals surface area contributed by atoms with Gasteiger partial charge in [0, 0.05) is 12.8 Å². The summed E-state index contributed by atoms with van der Waals surface area (Å²) in [4.78, 5) is 23.6. The van der Waals surface area contributed by atoms with Gasteiger partial charge in [0.25, 0.3) is 0 Å². The molecule has 0 saturated carbocycles. The Morgan fingerprint density at radius 3 is 2.36 bits per heavy atom. The maximum absolute atomic E-state index is 11.9. The molecule has 0 radical (unpaired) electrons. The van der Waals surface area contributed by atoms with E-state index in [1.165, 1.54) is 0 Å². The smallest absolute Gasteiger partial charge is 0.311 e. The van der Waals surface area contributed by atoms with Crippen molar-refractivity contribution in [1.82, 2.24) is 0 Å². The second kappa shape index (κ2) is 12.5. The Bertz CT molecular complexity index is 522. The Labute approximate surface area is 151 Å². The zero-order valence-electron chi connectivity index (χ0n) is 15.9. The predicted molar refractivity (Wildman–Crippen MR) is 99.6 cm³/mol. The number of hydrogen-bond acceptors (Lipinski definition) is 4. The van der Waals surface area contributed by atoms with E-state index in [1.54, 1.807) is 0 Å². The number of benzene rings is 1. The number of rotatable bonds is 12. The van der Waals surface area contributed by atoms with E-state index in [2.05, 4.69) is 20.8 Å². The zero-order chi connectivity index (χ0) is 18.5. The first kappa shape index (κ1) is 21.2. The first-order chi connectivity index (χ1) is 12.0. The fraction of sp³-hybridized carbons (Fsp3) is 0.619. The Hall–Kier alpha value is -1.84. The minimum absolute atomic E-state index is 0.176. The fourth-order valence-corrected chi connectivity index (χ4v) is 2.54. The van der Waals surface area contributed by atoms with E-state index in [1.807, 2.05) is 24.3 Å². The lowest BCUT2D eigenvalue weighted by Gasteiger charge is -2.09. The van der Waals surface area contributed by atoms with Crippen molar-refractivity contribution in [2.45, 2.75) is 72.1 Å². The highest BCUT2D eigenvalue weighted by Crippen LogP contribution is 2.20. The molecule has 0 heterocycles. The minimum atomic E-state index is -0.242. The van der Waals surface area contributed by atoms with Crippen LogP contribution in [-0.2, 0) is 20.7 Å². The molecule has 1 aromatic rings. The summed E-state index contributed by atoms with van der Waals surface area (Å²) in [5, 5.41) is 0. The average Bonchev–Trinajstić information content (AvgIpc) is 2.57. The van der Waals surface area contributed by atoms with Gasteiger partial charge in [0.05, 0.1) is 6.61 Å². The summed E-state index contributed by atoms with van der Waals surface area (Å²) in [6, 6.07) is 7.64. The summed E-state index contributed by atoms with van der Waals surface area (Å²) >= 11 is 0. The number of carbonyl (C=O) groups excluding carboxylic acids is 2. The summed E-state index contributed by atoms with van der Waals surface area (Å²) in [7, 11) is 0. The van der Waals surface area contributed by atoms with E-state index >= 15 is 0 Å². The SMILES string of the molecule is CCCc1ccccc1OC(=O)CCCCC(=O)OCCCC(C)C. The molecule has 4 heteroatoms. The molecule has 25 heavy (non-hydrogen) atoms. The molecule has 0 spiro atoms. The van der Waals surface area contributed by atoms with E-state index in [4.69, 9.17) is 9.47 Å². The molecule has 0 N–H and O–H groups in total. The number of hydrogen-bond donors (Lipinski definition) is 0. The van der Waals surface area contributed by atoms with Crippen molar-refractivity contribution >= 4 is 11.9 Å². The van der Waals surface area contributed by atoms with E-state index in [0.717, 1.165) is 31.2 Å². The molecule has 4 nitrogen and oxygen atoms in total. The largest absolute Gasteiger partial charge is 0.466 e. The summed E-state index contributed by atoms with van der Waals surface area (Å²) in [6.07, 6.45) is 5.85. The van der Waals surface area contributed by atoms with Crippen LogP contribution in [0.25, 0.3) is 0 Å². The minimum Gasteiger partial charge on any atom is -0.466 e. The maximum atomic E-state index is 11.9. The van der Waals surface area contributed by atoms with Crippen molar-refractivity contribution in [1.29, 1.82) is 0 Å². The lowest BCUT2D eigenvalue weighted by molar-refractivity contribution is -0.144. The molecule has 140 valence electrons. The van der Waals surface area contributed by atoms with Crippen LogP contribution in [0.5, 0.6) is 5.75 Å². The molecule has 1 rings (SSSR count). The van der Waals surface area contributed by atoms with Crippen LogP contribution in [-0.4, -0.2) is 18.5 Å². The third-order valence-corrected chi connectivity index (χ3v) is 3.92. The standard InChI is InChI=1S/C21H32O4/c1-4-10-18-12-5-6-13-19(18)25-21(23)15-8-7-14-20(22)24-16-9-11-17(2)3/h5-6,12-13,17H,4,7-11,14-16H2,1-3H3. The molecule has 1 aromatic carbocycles. The third-order valence-electron chi connectivity index (χ3n) is 3.92. The molecule has 0 aliphatic rings. The second-order valence-corrected chi connectivity index (χ2v) is 6.80. The molecular weight excluding hydrogens is 316 g/mol. The molecule has 0 fully saturated rings. The van der Waals surface area contributed by atoms with E-state index in [-0.39, 0.29) is 11.9 Å². The van der Waals surface area contributed by atoms with Crippen LogP contribution in [0.15, 0.2) is 24.3 Å². The summed E-state index contributed by atoms with van der Waals surface area (Å²) in [5.74, 6) is 0.866. The van der Waals surface area contributed by atoms with Gasteiger partial charge >= 0.3 is 11.9 Å². The lowest BCUT2D eigenvalue weighted by atomic mass is 10.1. The normalized spacial score (nSPS) is 10.7. The van der Waals surface area contributed by atoms with Crippen molar-refractivity contribution in [2.75, 3.05) is 6.61 Å². The van der Waals surface area contributed by atoms with Crippen LogP contribution in [0, 0.1) is 5.92 Å². The molecule has 0 unspecified atom stereocenters. The van der Waals surface area contributed by atoms with Crippen LogP contribution >= 0.6 is 0 Å². The van der Waals surface area contributed by atoms with Crippen LogP contribution in [0.3, 0.4) is 0 Å². The first-order valence-corrected chi connectivity index (χ1v) is 9.47. The molecule has 0 amide bonds. The van der Waals surface area contributed by atoms with Gasteiger partial charge in [0.15, 0.2) is 0 Å². The van der Waals surface area contributed by atoms with Gasteiger partial charge in [-0.1, -0.05) is 45.4 Å². The molecule has 0 aromatic heterocycles. The van der Waals surface area contributed by atoms with E-state index in [0.29, 0.717) is 44.0 Å². The average molecular weight is 348 g/mol. The molecule has 0 saturated heterocycles. The van der Waals surface area contributed by atoms with Crippen LogP contribution < -0.4 is 4.74 Å². The quantitative estimate of drug-likeness (QED) is 0.300. The third kappa shape index (κ3) is 9.90. The van der Waals surface area contributed by atoms with Crippen LogP contribution in [0.1, 0.15) is 71.3 Å². The predicted octanol–water partition coefficient (Wildman–Crippen LogP) is 5.08. The van der Waals surface area contributed by atoms with E-state index < -0.39 is 0 Å². The van der Waals surface area contributed by atoms with Gasteiger partial charge in [-0.15, -0.1) is 0 Å². The highest BCUT2D eigenvalue weighted by atomic mass is 16.5. The highest BCUT2D eigenvalue weighted by molar-refractivity contribution is 5.73. The van der Waals surface area contributed by atoms with Gasteiger partial charge in [0.1, 0.15) is 5.75 Å². The molecular formula is C21H32O4. The van der Waals surface area contributed by atoms with Crippen LogP contribution in [0.2, 0.25) is 0 Å².